The molecule has 1 aromatic heterocycles. The van der Waals surface area contributed by atoms with Crippen LogP contribution in [-0.2, 0) is 6.42 Å². The van der Waals surface area contributed by atoms with Crippen molar-refractivity contribution in [1.29, 1.82) is 0 Å². The monoisotopic (exact) mass is 324 g/mol. The second kappa shape index (κ2) is 5.97. The standard InChI is InChI=1S/C13H14BrFN4/c1-2-3-9-12(16)17-7-18-13(9)19-11-6-8(15)4-5-10(11)14/h4-7H,2-3H2,1H3,(H3,16,17,18,19). The number of nitrogens with two attached hydrogens (primary N) is 1. The summed E-state index contributed by atoms with van der Waals surface area (Å²) in [5.41, 5.74) is 7.31. The molecule has 0 radical (unpaired) electrons. The highest BCUT2D eigenvalue weighted by atomic mass is 79.9. The predicted molar refractivity (Wildman–Crippen MR) is 77.8 cm³/mol. The highest BCUT2D eigenvalue weighted by Crippen LogP contribution is 2.28. The van der Waals surface area contributed by atoms with Gasteiger partial charge in [0.25, 0.3) is 0 Å². The first-order valence-corrected chi connectivity index (χ1v) is 6.72. The summed E-state index contributed by atoms with van der Waals surface area (Å²) in [6.45, 7) is 2.05. The molecule has 0 aliphatic heterocycles. The van der Waals surface area contributed by atoms with Gasteiger partial charge in [-0.25, -0.2) is 14.4 Å². The molecule has 1 heterocycles. The van der Waals surface area contributed by atoms with Crippen LogP contribution < -0.4 is 11.1 Å². The molecule has 0 amide bonds. The van der Waals surface area contributed by atoms with E-state index in [2.05, 4.69) is 31.2 Å². The highest BCUT2D eigenvalue weighted by Gasteiger charge is 2.10. The molecule has 2 aromatic rings. The quantitative estimate of drug-likeness (QED) is 0.900. The Labute approximate surface area is 119 Å². The minimum absolute atomic E-state index is 0.315. The van der Waals surface area contributed by atoms with E-state index in [-0.39, 0.29) is 5.82 Å². The molecule has 100 valence electrons. The molecule has 6 heteroatoms. The van der Waals surface area contributed by atoms with Gasteiger partial charge in [-0.15, -0.1) is 0 Å². The normalized spacial score (nSPS) is 10.5. The van der Waals surface area contributed by atoms with E-state index in [1.54, 1.807) is 6.07 Å². The number of rotatable bonds is 4. The molecule has 19 heavy (non-hydrogen) atoms. The van der Waals surface area contributed by atoms with Gasteiger partial charge in [-0.2, -0.15) is 0 Å². The first-order valence-electron chi connectivity index (χ1n) is 5.93. The van der Waals surface area contributed by atoms with Gasteiger partial charge in [-0.1, -0.05) is 13.3 Å². The Kier molecular flexibility index (Phi) is 4.31. The van der Waals surface area contributed by atoms with Gasteiger partial charge in [0.1, 0.15) is 23.8 Å². The maximum atomic E-state index is 13.3. The zero-order valence-electron chi connectivity index (χ0n) is 10.5. The number of hydrogen-bond acceptors (Lipinski definition) is 4. The number of nitrogens with one attached hydrogen (secondary N) is 1. The van der Waals surface area contributed by atoms with Crippen molar-refractivity contribution in [1.82, 2.24) is 9.97 Å². The summed E-state index contributed by atoms with van der Waals surface area (Å²) in [6, 6.07) is 4.43. The Morgan fingerprint density at radius 2 is 2.16 bits per heavy atom. The van der Waals surface area contributed by atoms with Crippen molar-refractivity contribution >= 4 is 33.3 Å². The van der Waals surface area contributed by atoms with E-state index in [9.17, 15) is 4.39 Å². The summed E-state index contributed by atoms with van der Waals surface area (Å²) in [5.74, 6) is 0.747. The van der Waals surface area contributed by atoms with Crippen molar-refractivity contribution in [2.75, 3.05) is 11.1 Å². The lowest BCUT2D eigenvalue weighted by Crippen LogP contribution is -2.05. The summed E-state index contributed by atoms with van der Waals surface area (Å²) in [5, 5.41) is 3.09. The maximum Gasteiger partial charge on any atom is 0.139 e. The summed E-state index contributed by atoms with van der Waals surface area (Å²) in [4.78, 5) is 8.16. The Hall–Kier alpha value is -1.69. The van der Waals surface area contributed by atoms with Crippen LogP contribution in [-0.4, -0.2) is 9.97 Å². The fourth-order valence-electron chi connectivity index (χ4n) is 1.75. The molecule has 1 aromatic carbocycles. The highest BCUT2D eigenvalue weighted by molar-refractivity contribution is 9.10. The predicted octanol–water partition coefficient (Wildman–Crippen LogP) is 3.66. The lowest BCUT2D eigenvalue weighted by Gasteiger charge is -2.13. The van der Waals surface area contributed by atoms with E-state index in [1.807, 2.05) is 6.92 Å². The van der Waals surface area contributed by atoms with Crippen molar-refractivity contribution in [3.8, 4) is 0 Å². The summed E-state index contributed by atoms with van der Waals surface area (Å²) in [7, 11) is 0. The van der Waals surface area contributed by atoms with Crippen LogP contribution in [0.1, 0.15) is 18.9 Å². The number of nitrogen functional groups attached to an aromatic ring is 1. The molecule has 0 atom stereocenters. The zero-order chi connectivity index (χ0) is 13.8. The van der Waals surface area contributed by atoms with Crippen molar-refractivity contribution in [3.63, 3.8) is 0 Å². The third-order valence-corrected chi connectivity index (χ3v) is 3.35. The van der Waals surface area contributed by atoms with Crippen LogP contribution >= 0.6 is 15.9 Å². The van der Waals surface area contributed by atoms with Gasteiger partial charge in [0, 0.05) is 10.0 Å². The number of benzene rings is 1. The number of nitrogens with zero attached hydrogens (tertiary/aromatic N) is 2. The van der Waals surface area contributed by atoms with Gasteiger partial charge in [-0.3, -0.25) is 0 Å². The van der Waals surface area contributed by atoms with Crippen molar-refractivity contribution in [2.45, 2.75) is 19.8 Å². The molecule has 0 aliphatic carbocycles. The number of halogens is 2. The Morgan fingerprint density at radius 3 is 2.89 bits per heavy atom. The first-order chi connectivity index (χ1) is 9.11. The molecule has 0 saturated carbocycles. The Bertz CT molecular complexity index is 589. The van der Waals surface area contributed by atoms with Gasteiger partial charge in [-0.05, 0) is 40.5 Å². The molecular weight excluding hydrogens is 311 g/mol. The second-order valence-electron chi connectivity index (χ2n) is 4.09. The Morgan fingerprint density at radius 1 is 1.37 bits per heavy atom. The number of hydrogen-bond donors (Lipinski definition) is 2. The summed E-state index contributed by atoms with van der Waals surface area (Å²) in [6.07, 6.45) is 3.09. The lowest BCUT2D eigenvalue weighted by molar-refractivity contribution is 0.628. The Balaban J connectivity index is 2.37. The van der Waals surface area contributed by atoms with Crippen molar-refractivity contribution in [2.24, 2.45) is 0 Å². The minimum Gasteiger partial charge on any atom is -0.383 e. The summed E-state index contributed by atoms with van der Waals surface area (Å²) < 4.78 is 14.0. The average Bonchev–Trinajstić information content (AvgIpc) is 2.38. The third kappa shape index (κ3) is 3.20. The largest absolute Gasteiger partial charge is 0.383 e. The van der Waals surface area contributed by atoms with Crippen LogP contribution in [0.3, 0.4) is 0 Å². The van der Waals surface area contributed by atoms with E-state index in [4.69, 9.17) is 5.73 Å². The van der Waals surface area contributed by atoms with Crippen LogP contribution in [0.2, 0.25) is 0 Å². The van der Waals surface area contributed by atoms with E-state index in [1.165, 1.54) is 18.5 Å². The maximum absolute atomic E-state index is 13.3. The zero-order valence-corrected chi connectivity index (χ0v) is 12.0. The molecule has 0 saturated heterocycles. The van der Waals surface area contributed by atoms with Gasteiger partial charge in [0.2, 0.25) is 0 Å². The van der Waals surface area contributed by atoms with Crippen molar-refractivity contribution in [3.05, 3.63) is 40.4 Å². The molecule has 0 aliphatic rings. The lowest BCUT2D eigenvalue weighted by atomic mass is 10.1. The second-order valence-corrected chi connectivity index (χ2v) is 4.94. The topological polar surface area (TPSA) is 63.8 Å². The molecular formula is C13H14BrFN4. The molecule has 4 nitrogen and oxygen atoms in total. The molecule has 2 rings (SSSR count). The van der Waals surface area contributed by atoms with E-state index < -0.39 is 0 Å². The third-order valence-electron chi connectivity index (χ3n) is 2.66. The van der Waals surface area contributed by atoms with Crippen LogP contribution in [0.15, 0.2) is 29.0 Å². The van der Waals surface area contributed by atoms with Crippen molar-refractivity contribution < 1.29 is 4.39 Å². The van der Waals surface area contributed by atoms with Crippen LogP contribution in [0, 0.1) is 5.82 Å². The fourth-order valence-corrected chi connectivity index (χ4v) is 2.10. The van der Waals surface area contributed by atoms with Crippen LogP contribution in [0.25, 0.3) is 0 Å². The van der Waals surface area contributed by atoms with Gasteiger partial charge in [0.05, 0.1) is 5.69 Å². The number of anilines is 3. The molecule has 0 spiro atoms. The van der Waals surface area contributed by atoms with Gasteiger partial charge in [0.15, 0.2) is 0 Å². The van der Waals surface area contributed by atoms with E-state index in [0.29, 0.717) is 17.3 Å². The van der Waals surface area contributed by atoms with E-state index in [0.717, 1.165) is 22.9 Å². The van der Waals surface area contributed by atoms with Crippen LogP contribution in [0.5, 0.6) is 0 Å². The van der Waals surface area contributed by atoms with Gasteiger partial charge < -0.3 is 11.1 Å². The van der Waals surface area contributed by atoms with Gasteiger partial charge >= 0.3 is 0 Å². The molecule has 0 unspecified atom stereocenters. The summed E-state index contributed by atoms with van der Waals surface area (Å²) >= 11 is 3.37. The van der Waals surface area contributed by atoms with E-state index >= 15 is 0 Å². The van der Waals surface area contributed by atoms with Crippen LogP contribution in [0.4, 0.5) is 21.7 Å². The number of aromatic nitrogens is 2. The molecule has 3 N–H and O–H groups in total. The first kappa shape index (κ1) is 13.7. The molecule has 0 fully saturated rings. The smallest absolute Gasteiger partial charge is 0.139 e. The SMILES string of the molecule is CCCc1c(N)ncnc1Nc1cc(F)ccc1Br. The fraction of sp³-hybridized carbons (Fsp3) is 0.231. The average molecular weight is 325 g/mol. The molecule has 0 bridgehead atoms. The minimum atomic E-state index is -0.315.